The minimum absolute atomic E-state index is 0.201. The van der Waals surface area contributed by atoms with Crippen LogP contribution in [0.3, 0.4) is 0 Å². The fourth-order valence-corrected chi connectivity index (χ4v) is 3.24. The number of furan rings is 1. The van der Waals surface area contributed by atoms with Crippen LogP contribution in [-0.2, 0) is 6.42 Å². The average Bonchev–Trinajstić information content (AvgIpc) is 2.76. The Balaban J connectivity index is 2.18. The number of rotatable bonds is 4. The molecular weight excluding hydrogens is 348 g/mol. The normalized spacial score (nSPS) is 12.4. The second-order valence-electron chi connectivity index (χ2n) is 3.63. The van der Waals surface area contributed by atoms with Crippen molar-refractivity contribution in [3.8, 4) is 5.75 Å². The zero-order chi connectivity index (χ0) is 12.3. The van der Waals surface area contributed by atoms with Gasteiger partial charge in [0.1, 0.15) is 5.75 Å². The third kappa shape index (κ3) is 2.93. The van der Waals surface area contributed by atoms with Crippen molar-refractivity contribution in [1.29, 1.82) is 0 Å². The van der Waals surface area contributed by atoms with Crippen molar-refractivity contribution in [2.24, 2.45) is 0 Å². The highest BCUT2D eigenvalue weighted by Gasteiger charge is 2.15. The second kappa shape index (κ2) is 5.74. The maximum atomic E-state index is 5.34. The van der Waals surface area contributed by atoms with E-state index in [0.29, 0.717) is 0 Å². The van der Waals surface area contributed by atoms with Crippen LogP contribution in [0.25, 0.3) is 0 Å². The Bertz CT molecular complexity index is 494. The number of benzene rings is 1. The molecule has 4 heteroatoms. The molecule has 0 radical (unpaired) electrons. The van der Waals surface area contributed by atoms with Gasteiger partial charge in [0.15, 0.2) is 4.67 Å². The third-order valence-electron chi connectivity index (χ3n) is 2.58. The van der Waals surface area contributed by atoms with Crippen LogP contribution in [0.2, 0.25) is 0 Å². The van der Waals surface area contributed by atoms with Gasteiger partial charge in [-0.1, -0.05) is 34.1 Å². The molecule has 1 unspecified atom stereocenters. The molecule has 1 atom stereocenters. The SMILES string of the molecule is COc1ccccc1CC(Br)c1ccoc1Br. The summed E-state index contributed by atoms with van der Waals surface area (Å²) in [7, 11) is 1.69. The Kier molecular flexibility index (Phi) is 4.29. The summed E-state index contributed by atoms with van der Waals surface area (Å²) in [6.07, 6.45) is 2.53. The molecule has 0 saturated carbocycles. The lowest BCUT2D eigenvalue weighted by molar-refractivity contribution is 0.409. The number of para-hydroxylation sites is 1. The molecule has 2 rings (SSSR count). The highest BCUT2D eigenvalue weighted by atomic mass is 79.9. The largest absolute Gasteiger partial charge is 0.496 e. The molecule has 1 aromatic heterocycles. The van der Waals surface area contributed by atoms with Crippen LogP contribution in [0, 0.1) is 0 Å². The summed E-state index contributed by atoms with van der Waals surface area (Å²) in [5.74, 6) is 0.913. The van der Waals surface area contributed by atoms with Gasteiger partial charge in [0.2, 0.25) is 0 Å². The van der Waals surface area contributed by atoms with Crippen LogP contribution in [0.4, 0.5) is 0 Å². The molecule has 0 amide bonds. The number of hydrogen-bond donors (Lipinski definition) is 0. The van der Waals surface area contributed by atoms with E-state index in [1.807, 2.05) is 24.3 Å². The summed E-state index contributed by atoms with van der Waals surface area (Å²) in [6.45, 7) is 0. The second-order valence-corrected chi connectivity index (χ2v) is 5.46. The predicted molar refractivity (Wildman–Crippen MR) is 74.8 cm³/mol. The van der Waals surface area contributed by atoms with Crippen LogP contribution < -0.4 is 4.74 Å². The van der Waals surface area contributed by atoms with Gasteiger partial charge in [-0.15, -0.1) is 0 Å². The fraction of sp³-hybridized carbons (Fsp3) is 0.231. The number of methoxy groups -OCH3 is 1. The fourth-order valence-electron chi connectivity index (χ4n) is 1.70. The van der Waals surface area contributed by atoms with Crippen LogP contribution >= 0.6 is 31.9 Å². The molecular formula is C13H12Br2O2. The first-order valence-electron chi connectivity index (χ1n) is 5.21. The zero-order valence-corrected chi connectivity index (χ0v) is 12.5. The van der Waals surface area contributed by atoms with Crippen molar-refractivity contribution < 1.29 is 9.15 Å². The Hall–Kier alpha value is -0.740. The van der Waals surface area contributed by atoms with Crippen molar-refractivity contribution in [3.05, 3.63) is 52.4 Å². The summed E-state index contributed by atoms with van der Waals surface area (Å²) in [5.41, 5.74) is 2.28. The van der Waals surface area contributed by atoms with Gasteiger partial charge in [-0.05, 0) is 40.0 Å². The minimum atomic E-state index is 0.201. The Labute approximate surface area is 117 Å². The van der Waals surface area contributed by atoms with E-state index in [-0.39, 0.29) is 4.83 Å². The van der Waals surface area contributed by atoms with Gasteiger partial charge in [0, 0.05) is 10.4 Å². The molecule has 2 aromatic rings. The van der Waals surface area contributed by atoms with Gasteiger partial charge >= 0.3 is 0 Å². The summed E-state index contributed by atoms with van der Waals surface area (Å²) in [6, 6.07) is 9.99. The smallest absolute Gasteiger partial charge is 0.173 e. The molecule has 0 fully saturated rings. The molecule has 0 bridgehead atoms. The molecule has 0 spiro atoms. The van der Waals surface area contributed by atoms with Crippen LogP contribution in [0.1, 0.15) is 16.0 Å². The van der Waals surface area contributed by atoms with E-state index in [2.05, 4.69) is 37.9 Å². The first-order valence-corrected chi connectivity index (χ1v) is 6.92. The predicted octanol–water partition coefficient (Wildman–Crippen LogP) is 4.73. The highest BCUT2D eigenvalue weighted by molar-refractivity contribution is 9.10. The highest BCUT2D eigenvalue weighted by Crippen LogP contribution is 2.35. The maximum Gasteiger partial charge on any atom is 0.173 e. The van der Waals surface area contributed by atoms with E-state index in [1.165, 1.54) is 5.56 Å². The lowest BCUT2D eigenvalue weighted by Crippen LogP contribution is -1.97. The van der Waals surface area contributed by atoms with Gasteiger partial charge in [-0.2, -0.15) is 0 Å². The first kappa shape index (κ1) is 12.7. The van der Waals surface area contributed by atoms with Gasteiger partial charge in [0.25, 0.3) is 0 Å². The van der Waals surface area contributed by atoms with Crippen LogP contribution in [0.15, 0.2) is 45.7 Å². The van der Waals surface area contributed by atoms with E-state index >= 15 is 0 Å². The number of alkyl halides is 1. The molecule has 90 valence electrons. The molecule has 0 aliphatic heterocycles. The summed E-state index contributed by atoms with van der Waals surface area (Å²) in [4.78, 5) is 0.201. The van der Waals surface area contributed by atoms with Gasteiger partial charge < -0.3 is 9.15 Å². The van der Waals surface area contributed by atoms with E-state index in [0.717, 1.165) is 22.4 Å². The van der Waals surface area contributed by atoms with Gasteiger partial charge in [-0.25, -0.2) is 0 Å². The summed E-state index contributed by atoms with van der Waals surface area (Å²) in [5, 5.41) is 0. The lowest BCUT2D eigenvalue weighted by atomic mass is 10.1. The Morgan fingerprint density at radius 3 is 2.71 bits per heavy atom. The van der Waals surface area contributed by atoms with Crippen molar-refractivity contribution in [2.45, 2.75) is 11.2 Å². The molecule has 0 N–H and O–H groups in total. The molecule has 1 aromatic carbocycles. The van der Waals surface area contributed by atoms with Crippen LogP contribution in [0.5, 0.6) is 5.75 Å². The Morgan fingerprint density at radius 1 is 1.29 bits per heavy atom. The minimum Gasteiger partial charge on any atom is -0.496 e. The van der Waals surface area contributed by atoms with Crippen LogP contribution in [-0.4, -0.2) is 7.11 Å². The zero-order valence-electron chi connectivity index (χ0n) is 9.32. The van der Waals surface area contributed by atoms with Crippen molar-refractivity contribution >= 4 is 31.9 Å². The topological polar surface area (TPSA) is 22.4 Å². The molecule has 0 aliphatic carbocycles. The standard InChI is InChI=1S/C13H12Br2O2/c1-16-12-5-3-2-4-9(12)8-11(14)10-6-7-17-13(10)15/h2-7,11H,8H2,1H3. The summed E-state index contributed by atoms with van der Waals surface area (Å²) < 4.78 is 11.3. The maximum absolute atomic E-state index is 5.34. The van der Waals surface area contributed by atoms with Gasteiger partial charge in [-0.3, -0.25) is 0 Å². The van der Waals surface area contributed by atoms with Gasteiger partial charge in [0.05, 0.1) is 13.4 Å². The van der Waals surface area contributed by atoms with E-state index in [1.54, 1.807) is 13.4 Å². The number of halogens is 2. The average molecular weight is 360 g/mol. The summed E-state index contributed by atoms with van der Waals surface area (Å²) >= 11 is 7.06. The van der Waals surface area contributed by atoms with Crippen molar-refractivity contribution in [3.63, 3.8) is 0 Å². The number of ether oxygens (including phenoxy) is 1. The molecule has 2 nitrogen and oxygen atoms in total. The monoisotopic (exact) mass is 358 g/mol. The van der Waals surface area contributed by atoms with Crippen molar-refractivity contribution in [2.75, 3.05) is 7.11 Å². The molecule has 17 heavy (non-hydrogen) atoms. The quantitative estimate of drug-likeness (QED) is 0.736. The first-order chi connectivity index (χ1) is 8.22. The molecule has 0 aliphatic rings. The van der Waals surface area contributed by atoms with E-state index < -0.39 is 0 Å². The van der Waals surface area contributed by atoms with Crippen molar-refractivity contribution in [1.82, 2.24) is 0 Å². The lowest BCUT2D eigenvalue weighted by Gasteiger charge is -2.11. The molecule has 0 saturated heterocycles. The van der Waals surface area contributed by atoms with E-state index in [9.17, 15) is 0 Å². The Morgan fingerprint density at radius 2 is 2.06 bits per heavy atom. The number of hydrogen-bond acceptors (Lipinski definition) is 2. The van der Waals surface area contributed by atoms with E-state index in [4.69, 9.17) is 9.15 Å². The molecule has 1 heterocycles. The third-order valence-corrected chi connectivity index (χ3v) is 4.04.